The van der Waals surface area contributed by atoms with Gasteiger partial charge in [0.05, 0.1) is 22.3 Å². The van der Waals surface area contributed by atoms with Gasteiger partial charge in [-0.25, -0.2) is 9.59 Å². The fourth-order valence-electron chi connectivity index (χ4n) is 3.56. The van der Waals surface area contributed by atoms with Crippen LogP contribution >= 0.6 is 0 Å². The minimum atomic E-state index is -4.70. The number of Topliss-reactive ketones (excluding diaryl/α,β-unsaturated/α-hetero) is 2. The van der Waals surface area contributed by atoms with Gasteiger partial charge >= 0.3 is 23.6 Å². The highest BCUT2D eigenvalue weighted by Crippen LogP contribution is 2.36. The highest BCUT2D eigenvalue weighted by molar-refractivity contribution is 5.99. The maximum atomic E-state index is 12.6. The topological polar surface area (TPSA) is 94.6 Å². The first-order valence-corrected chi connectivity index (χ1v) is 9.34. The smallest absolute Gasteiger partial charge is 0.417 e. The summed E-state index contributed by atoms with van der Waals surface area (Å²) >= 11 is 0. The summed E-state index contributed by atoms with van der Waals surface area (Å²) in [5.74, 6) is -1.51. The second kappa shape index (κ2) is 8.40. The first-order chi connectivity index (χ1) is 14.8. The highest BCUT2D eigenvalue weighted by atomic mass is 19.4. The largest absolute Gasteiger partial charge is 0.427 e. The third kappa shape index (κ3) is 4.83. The summed E-state index contributed by atoms with van der Waals surface area (Å²) in [6.45, 7) is 0. The molecule has 2 aliphatic carbocycles. The van der Waals surface area contributed by atoms with Gasteiger partial charge in [-0.3, -0.25) is 9.59 Å². The fourth-order valence-corrected chi connectivity index (χ4v) is 3.56. The summed E-state index contributed by atoms with van der Waals surface area (Å²) in [5, 5.41) is 0. The van der Waals surface area contributed by atoms with Crippen molar-refractivity contribution < 1.29 is 44.8 Å². The van der Waals surface area contributed by atoms with Crippen LogP contribution in [-0.2, 0) is 25.2 Å². The molecule has 0 atom stereocenters. The Bertz CT molecular complexity index is 1090. The monoisotopic (exact) mass is 464 g/mol. The Morgan fingerprint density at radius 2 is 0.938 bits per heavy atom. The van der Waals surface area contributed by atoms with E-state index in [9.17, 15) is 45.5 Å². The predicted molar refractivity (Wildman–Crippen MR) is 94.5 cm³/mol. The van der Waals surface area contributed by atoms with Gasteiger partial charge in [-0.1, -0.05) is 0 Å². The first kappa shape index (κ1) is 23.5. The number of halogens is 6. The Morgan fingerprint density at radius 3 is 1.25 bits per heavy atom. The van der Waals surface area contributed by atoms with E-state index in [1.807, 2.05) is 0 Å². The van der Waals surface area contributed by atoms with E-state index in [0.29, 0.717) is 25.0 Å². The molecule has 32 heavy (non-hydrogen) atoms. The van der Waals surface area contributed by atoms with Gasteiger partial charge in [0.1, 0.15) is 11.5 Å². The minimum absolute atomic E-state index is 0.0593. The van der Waals surface area contributed by atoms with Gasteiger partial charge in [-0.05, 0) is 12.8 Å². The van der Waals surface area contributed by atoms with E-state index in [0.717, 1.165) is 0 Å². The quantitative estimate of drug-likeness (QED) is 0.538. The van der Waals surface area contributed by atoms with Crippen LogP contribution in [-0.4, -0.2) is 11.6 Å². The normalized spacial score (nSPS) is 16.1. The molecule has 0 aliphatic heterocycles. The molecule has 0 saturated heterocycles. The summed E-state index contributed by atoms with van der Waals surface area (Å²) in [6, 6.07) is 0.671. The summed E-state index contributed by atoms with van der Waals surface area (Å²) in [5.41, 5.74) is -5.44. The van der Waals surface area contributed by atoms with Crippen molar-refractivity contribution in [2.24, 2.45) is 0 Å². The molecule has 0 saturated carbocycles. The SMILES string of the molecule is O=C1CCCc2oc(=O)cc(C(F)(F)F)c21.O=C1CCCc2oc(=O)cc(C(F)(F)F)c21. The Labute approximate surface area is 174 Å². The van der Waals surface area contributed by atoms with Crippen LogP contribution in [0.5, 0.6) is 0 Å². The predicted octanol–water partition coefficient (Wildman–Crippen LogP) is 4.36. The number of aryl methyl sites for hydroxylation is 2. The molecular weight excluding hydrogens is 450 g/mol. The van der Waals surface area contributed by atoms with E-state index >= 15 is 0 Å². The molecule has 0 unspecified atom stereocenters. The molecule has 0 aromatic carbocycles. The van der Waals surface area contributed by atoms with Crippen LogP contribution in [0, 0.1) is 0 Å². The Balaban J connectivity index is 0.000000181. The molecule has 12 heteroatoms. The van der Waals surface area contributed by atoms with Gasteiger partial charge in [-0.2, -0.15) is 26.3 Å². The fraction of sp³-hybridized carbons (Fsp3) is 0.400. The number of carbonyl (C=O) groups excluding carboxylic acids is 2. The molecule has 2 aromatic heterocycles. The lowest BCUT2D eigenvalue weighted by Crippen LogP contribution is -2.22. The lowest BCUT2D eigenvalue weighted by atomic mass is 9.92. The van der Waals surface area contributed by atoms with Crippen molar-refractivity contribution in [2.75, 3.05) is 0 Å². The second-order valence-corrected chi connectivity index (χ2v) is 7.10. The molecule has 6 nitrogen and oxygen atoms in total. The van der Waals surface area contributed by atoms with Crippen LogP contribution in [0.25, 0.3) is 0 Å². The minimum Gasteiger partial charge on any atom is -0.427 e. The summed E-state index contributed by atoms with van der Waals surface area (Å²) < 4.78 is 84.8. The van der Waals surface area contributed by atoms with E-state index in [-0.39, 0.29) is 37.2 Å². The number of fused-ring (bicyclic) bond motifs is 2. The number of hydrogen-bond donors (Lipinski definition) is 0. The lowest BCUT2D eigenvalue weighted by Gasteiger charge is -2.17. The van der Waals surface area contributed by atoms with Crippen molar-refractivity contribution in [3.8, 4) is 0 Å². The maximum absolute atomic E-state index is 12.6. The van der Waals surface area contributed by atoms with Gasteiger partial charge in [0, 0.05) is 37.8 Å². The molecule has 2 aliphatic rings. The molecule has 0 spiro atoms. The highest BCUT2D eigenvalue weighted by Gasteiger charge is 2.40. The van der Waals surface area contributed by atoms with Crippen molar-refractivity contribution in [1.29, 1.82) is 0 Å². The van der Waals surface area contributed by atoms with Crippen LogP contribution in [0.1, 0.15) is 69.0 Å². The average Bonchev–Trinajstić information content (AvgIpc) is 2.66. The number of alkyl halides is 6. The van der Waals surface area contributed by atoms with Crippen molar-refractivity contribution >= 4 is 11.6 Å². The Kier molecular flexibility index (Phi) is 6.16. The van der Waals surface area contributed by atoms with Gasteiger partial charge in [0.25, 0.3) is 0 Å². The molecule has 0 radical (unpaired) electrons. The summed E-state index contributed by atoms with van der Waals surface area (Å²) in [7, 11) is 0. The third-order valence-corrected chi connectivity index (χ3v) is 4.85. The summed E-state index contributed by atoms with van der Waals surface area (Å²) in [4.78, 5) is 44.7. The third-order valence-electron chi connectivity index (χ3n) is 4.85. The van der Waals surface area contributed by atoms with Gasteiger partial charge in [0.15, 0.2) is 11.6 Å². The number of carbonyl (C=O) groups is 2. The zero-order valence-electron chi connectivity index (χ0n) is 16.1. The van der Waals surface area contributed by atoms with Crippen LogP contribution < -0.4 is 11.3 Å². The van der Waals surface area contributed by atoms with Crippen LogP contribution in [0.15, 0.2) is 30.6 Å². The van der Waals surface area contributed by atoms with E-state index < -0.39 is 57.4 Å². The molecule has 172 valence electrons. The standard InChI is InChI=1S/2C10H7F3O3/c2*11-10(12,13)5-4-8(15)16-7-3-1-2-6(14)9(5)7/h2*4H,1-3H2. The van der Waals surface area contributed by atoms with Crippen molar-refractivity contribution in [3.05, 3.63) is 66.7 Å². The van der Waals surface area contributed by atoms with E-state index in [4.69, 9.17) is 0 Å². The second-order valence-electron chi connectivity index (χ2n) is 7.10. The number of hydrogen-bond acceptors (Lipinski definition) is 6. The van der Waals surface area contributed by atoms with E-state index in [1.54, 1.807) is 0 Å². The molecule has 0 fully saturated rings. The maximum Gasteiger partial charge on any atom is 0.417 e. The van der Waals surface area contributed by atoms with Crippen LogP contribution in [0.2, 0.25) is 0 Å². The van der Waals surface area contributed by atoms with Crippen LogP contribution in [0.4, 0.5) is 26.3 Å². The Hall–Kier alpha value is -3.18. The number of ketones is 2. The van der Waals surface area contributed by atoms with E-state index in [1.165, 1.54) is 0 Å². The Morgan fingerprint density at radius 1 is 0.594 bits per heavy atom. The molecule has 0 N–H and O–H groups in total. The zero-order valence-corrected chi connectivity index (χ0v) is 16.1. The van der Waals surface area contributed by atoms with Crippen molar-refractivity contribution in [2.45, 2.75) is 50.9 Å². The molecule has 0 bridgehead atoms. The van der Waals surface area contributed by atoms with Crippen molar-refractivity contribution in [1.82, 2.24) is 0 Å². The van der Waals surface area contributed by atoms with E-state index in [2.05, 4.69) is 8.83 Å². The van der Waals surface area contributed by atoms with Crippen LogP contribution in [0.3, 0.4) is 0 Å². The zero-order chi connectivity index (χ0) is 23.8. The molecule has 2 heterocycles. The molecular formula is C20H14F6O6. The molecule has 4 rings (SSSR count). The molecule has 2 aromatic rings. The van der Waals surface area contributed by atoms with Gasteiger partial charge in [0.2, 0.25) is 0 Å². The molecule has 0 amide bonds. The van der Waals surface area contributed by atoms with Crippen molar-refractivity contribution in [3.63, 3.8) is 0 Å². The average molecular weight is 464 g/mol. The van der Waals surface area contributed by atoms with Gasteiger partial charge in [-0.15, -0.1) is 0 Å². The first-order valence-electron chi connectivity index (χ1n) is 9.34. The van der Waals surface area contributed by atoms with Gasteiger partial charge < -0.3 is 8.83 Å². The summed E-state index contributed by atoms with van der Waals surface area (Å²) in [6.07, 6.45) is -8.07. The number of rotatable bonds is 0. The lowest BCUT2D eigenvalue weighted by molar-refractivity contribution is -0.139.